The van der Waals surface area contributed by atoms with E-state index in [1.165, 1.54) is 0 Å². The molecular weight excluding hydrogens is 440 g/mol. The van der Waals surface area contributed by atoms with Crippen LogP contribution in [0.25, 0.3) is 10.8 Å². The SMILES string of the molecule is CC[C@@H](C)C(=O)N[C@H]1CCc2ccccc2N(Cc2c(OC)ccc3cc(C(C)=O)ccc23)C1=O. The Balaban J connectivity index is 1.78. The number of amides is 2. The first kappa shape index (κ1) is 24.5. The molecule has 1 aliphatic heterocycles. The van der Waals surface area contributed by atoms with Crippen LogP contribution in [-0.4, -0.2) is 30.7 Å². The minimum atomic E-state index is -0.603. The number of Topliss-reactive ketones (excluding diaryl/α,β-unsaturated/α-hetero) is 1. The molecule has 1 N–H and O–H groups in total. The van der Waals surface area contributed by atoms with E-state index >= 15 is 0 Å². The largest absolute Gasteiger partial charge is 0.496 e. The van der Waals surface area contributed by atoms with Gasteiger partial charge in [-0.05, 0) is 60.7 Å². The zero-order valence-corrected chi connectivity index (χ0v) is 20.8. The molecule has 0 unspecified atom stereocenters. The van der Waals surface area contributed by atoms with Crippen molar-refractivity contribution >= 4 is 34.1 Å². The quantitative estimate of drug-likeness (QED) is 0.488. The van der Waals surface area contributed by atoms with Crippen LogP contribution in [0.4, 0.5) is 5.69 Å². The number of hydrogen-bond donors (Lipinski definition) is 1. The van der Waals surface area contributed by atoms with Gasteiger partial charge in [0, 0.05) is 22.7 Å². The number of ether oxygens (including phenoxy) is 1. The predicted molar refractivity (Wildman–Crippen MR) is 138 cm³/mol. The Kier molecular flexibility index (Phi) is 7.20. The van der Waals surface area contributed by atoms with Crippen LogP contribution in [0.2, 0.25) is 0 Å². The number of ketones is 1. The molecule has 0 fully saturated rings. The molecule has 0 saturated heterocycles. The van der Waals surface area contributed by atoms with Gasteiger partial charge >= 0.3 is 0 Å². The second-order valence-corrected chi connectivity index (χ2v) is 9.20. The summed E-state index contributed by atoms with van der Waals surface area (Å²) in [5.41, 5.74) is 3.41. The molecule has 4 rings (SSSR count). The lowest BCUT2D eigenvalue weighted by Crippen LogP contribution is -2.49. The highest BCUT2D eigenvalue weighted by Gasteiger charge is 2.32. The fourth-order valence-corrected chi connectivity index (χ4v) is 4.62. The molecule has 1 aliphatic rings. The second kappa shape index (κ2) is 10.3. The first-order valence-electron chi connectivity index (χ1n) is 12.1. The third-order valence-corrected chi connectivity index (χ3v) is 6.96. The number of hydrogen-bond acceptors (Lipinski definition) is 4. The van der Waals surface area contributed by atoms with Gasteiger partial charge in [0.2, 0.25) is 11.8 Å². The maximum atomic E-state index is 13.9. The normalized spacial score (nSPS) is 16.4. The zero-order chi connectivity index (χ0) is 25.1. The molecule has 6 heteroatoms. The summed E-state index contributed by atoms with van der Waals surface area (Å²) in [6.45, 7) is 5.67. The summed E-state index contributed by atoms with van der Waals surface area (Å²) in [4.78, 5) is 40.2. The van der Waals surface area contributed by atoms with Crippen molar-refractivity contribution in [2.75, 3.05) is 12.0 Å². The maximum absolute atomic E-state index is 13.9. The van der Waals surface area contributed by atoms with Gasteiger partial charge in [-0.2, -0.15) is 0 Å². The Morgan fingerprint density at radius 1 is 1.14 bits per heavy atom. The third kappa shape index (κ3) is 4.92. The van der Waals surface area contributed by atoms with E-state index in [-0.39, 0.29) is 30.1 Å². The van der Waals surface area contributed by atoms with Crippen LogP contribution in [-0.2, 0) is 22.6 Å². The predicted octanol–water partition coefficient (Wildman–Crippen LogP) is 5.06. The van der Waals surface area contributed by atoms with Gasteiger partial charge in [0.15, 0.2) is 5.78 Å². The second-order valence-electron chi connectivity index (χ2n) is 9.20. The summed E-state index contributed by atoms with van der Waals surface area (Å²) < 4.78 is 5.69. The van der Waals surface area contributed by atoms with E-state index in [1.54, 1.807) is 25.0 Å². The summed E-state index contributed by atoms with van der Waals surface area (Å²) >= 11 is 0. The van der Waals surface area contributed by atoms with E-state index < -0.39 is 6.04 Å². The van der Waals surface area contributed by atoms with E-state index in [4.69, 9.17) is 4.74 Å². The van der Waals surface area contributed by atoms with Crippen molar-refractivity contribution in [1.82, 2.24) is 5.32 Å². The molecule has 182 valence electrons. The molecule has 1 heterocycles. The number of fused-ring (bicyclic) bond motifs is 2. The number of nitrogens with one attached hydrogen (secondary N) is 1. The lowest BCUT2D eigenvalue weighted by atomic mass is 9.99. The average Bonchev–Trinajstić information content (AvgIpc) is 3.00. The molecule has 0 bridgehead atoms. The van der Waals surface area contributed by atoms with Gasteiger partial charge in [0.05, 0.1) is 13.7 Å². The molecule has 3 aromatic carbocycles. The van der Waals surface area contributed by atoms with Crippen molar-refractivity contribution in [2.45, 2.75) is 52.6 Å². The van der Waals surface area contributed by atoms with Gasteiger partial charge < -0.3 is 15.0 Å². The molecule has 0 aliphatic carbocycles. The maximum Gasteiger partial charge on any atom is 0.249 e. The Bertz CT molecular complexity index is 1280. The number of carbonyl (C=O) groups excluding carboxylic acids is 3. The first-order chi connectivity index (χ1) is 16.8. The summed E-state index contributed by atoms with van der Waals surface area (Å²) in [7, 11) is 1.61. The van der Waals surface area contributed by atoms with Crippen molar-refractivity contribution < 1.29 is 19.1 Å². The van der Waals surface area contributed by atoms with E-state index in [0.717, 1.165) is 27.6 Å². The number of methoxy groups -OCH3 is 1. The van der Waals surface area contributed by atoms with Gasteiger partial charge in [0.1, 0.15) is 11.8 Å². The molecule has 2 amide bonds. The van der Waals surface area contributed by atoms with Crippen LogP contribution >= 0.6 is 0 Å². The van der Waals surface area contributed by atoms with Crippen LogP contribution in [0.1, 0.15) is 55.1 Å². The van der Waals surface area contributed by atoms with Crippen molar-refractivity contribution in [2.24, 2.45) is 5.92 Å². The molecule has 35 heavy (non-hydrogen) atoms. The minimum absolute atomic E-state index is 0.000724. The average molecular weight is 473 g/mol. The standard InChI is InChI=1S/C29H32N2O4/c1-5-18(2)28(33)30-25-14-11-20-8-6-7-9-26(20)31(29(25)34)17-24-23-13-10-21(19(3)32)16-22(23)12-15-27(24)35-4/h6-10,12-13,15-16,18,25H,5,11,14,17H2,1-4H3,(H,30,33)/t18-,25+/m1/s1. The van der Waals surface area contributed by atoms with E-state index in [1.807, 2.05) is 62.4 Å². The monoisotopic (exact) mass is 472 g/mol. The summed E-state index contributed by atoms with van der Waals surface area (Å²) in [6, 6.07) is 16.7. The summed E-state index contributed by atoms with van der Waals surface area (Å²) in [5.74, 6) is 0.279. The Labute approximate surface area is 206 Å². The Morgan fingerprint density at radius 3 is 2.63 bits per heavy atom. The fraction of sp³-hybridized carbons (Fsp3) is 0.345. The number of carbonyl (C=O) groups is 3. The molecular formula is C29H32N2O4. The first-order valence-corrected chi connectivity index (χ1v) is 12.1. The van der Waals surface area contributed by atoms with Crippen LogP contribution in [0.3, 0.4) is 0 Å². The molecule has 2 atom stereocenters. The number of anilines is 1. The highest BCUT2D eigenvalue weighted by Crippen LogP contribution is 2.34. The van der Waals surface area contributed by atoms with E-state index in [0.29, 0.717) is 30.6 Å². The Hall–Kier alpha value is -3.67. The van der Waals surface area contributed by atoms with Crippen molar-refractivity contribution in [3.8, 4) is 5.75 Å². The van der Waals surface area contributed by atoms with Gasteiger partial charge in [-0.3, -0.25) is 14.4 Å². The number of benzene rings is 3. The smallest absolute Gasteiger partial charge is 0.249 e. The van der Waals surface area contributed by atoms with Gasteiger partial charge in [-0.25, -0.2) is 0 Å². The van der Waals surface area contributed by atoms with Crippen LogP contribution in [0.15, 0.2) is 54.6 Å². The highest BCUT2D eigenvalue weighted by atomic mass is 16.5. The lowest BCUT2D eigenvalue weighted by molar-refractivity contribution is -0.129. The highest BCUT2D eigenvalue weighted by molar-refractivity contribution is 6.02. The van der Waals surface area contributed by atoms with Gasteiger partial charge in [0.25, 0.3) is 0 Å². The topological polar surface area (TPSA) is 75.7 Å². The number of para-hydroxylation sites is 1. The van der Waals surface area contributed by atoms with Gasteiger partial charge in [-0.15, -0.1) is 0 Å². The lowest BCUT2D eigenvalue weighted by Gasteiger charge is -2.28. The van der Waals surface area contributed by atoms with E-state index in [2.05, 4.69) is 5.32 Å². The van der Waals surface area contributed by atoms with Crippen molar-refractivity contribution in [1.29, 1.82) is 0 Å². The van der Waals surface area contributed by atoms with Crippen LogP contribution in [0.5, 0.6) is 5.75 Å². The zero-order valence-electron chi connectivity index (χ0n) is 20.8. The third-order valence-electron chi connectivity index (χ3n) is 6.96. The number of nitrogens with zero attached hydrogens (tertiary/aromatic N) is 1. The fourth-order valence-electron chi connectivity index (χ4n) is 4.62. The van der Waals surface area contributed by atoms with E-state index in [9.17, 15) is 14.4 Å². The molecule has 6 nitrogen and oxygen atoms in total. The molecule has 0 radical (unpaired) electrons. The Morgan fingerprint density at radius 2 is 1.91 bits per heavy atom. The molecule has 0 aromatic heterocycles. The molecule has 3 aromatic rings. The molecule has 0 spiro atoms. The van der Waals surface area contributed by atoms with Gasteiger partial charge in [-0.1, -0.05) is 50.2 Å². The molecule has 0 saturated carbocycles. The van der Waals surface area contributed by atoms with Crippen LogP contribution in [0, 0.1) is 5.92 Å². The minimum Gasteiger partial charge on any atom is -0.496 e. The van der Waals surface area contributed by atoms with Crippen molar-refractivity contribution in [3.05, 3.63) is 71.3 Å². The number of rotatable bonds is 7. The summed E-state index contributed by atoms with van der Waals surface area (Å²) in [5, 5.41) is 4.83. The van der Waals surface area contributed by atoms with Crippen LogP contribution < -0.4 is 15.0 Å². The van der Waals surface area contributed by atoms with Crippen molar-refractivity contribution in [3.63, 3.8) is 0 Å². The summed E-state index contributed by atoms with van der Waals surface area (Å²) in [6.07, 6.45) is 1.95. The number of aryl methyl sites for hydroxylation is 1.